The van der Waals surface area contributed by atoms with Gasteiger partial charge >= 0.3 is 0 Å². The molecule has 0 radical (unpaired) electrons. The first-order valence-electron chi connectivity index (χ1n) is 7.63. The zero-order valence-corrected chi connectivity index (χ0v) is 13.1. The fraction of sp³-hybridized carbons (Fsp3) is 0.222. The Bertz CT molecular complexity index is 792. The molecule has 1 aromatic heterocycles. The van der Waals surface area contributed by atoms with Crippen LogP contribution in [0.4, 0.5) is 5.82 Å². The monoisotopic (exact) mass is 307 g/mol. The molecular weight excluding hydrogens is 290 g/mol. The maximum absolute atomic E-state index is 4.58. The van der Waals surface area contributed by atoms with Crippen LogP contribution in [0, 0.1) is 0 Å². The first-order valence-corrected chi connectivity index (χ1v) is 8.45. The molecule has 22 heavy (non-hydrogen) atoms. The first-order chi connectivity index (χ1) is 10.9. The molecule has 1 fully saturated rings. The molecule has 0 atom stereocenters. The Kier molecular flexibility index (Phi) is 3.69. The average molecular weight is 307 g/mol. The topological polar surface area (TPSA) is 29.0 Å². The minimum Gasteiger partial charge on any atom is -0.354 e. The quantitative estimate of drug-likeness (QED) is 0.718. The third kappa shape index (κ3) is 2.55. The van der Waals surface area contributed by atoms with Gasteiger partial charge < -0.3 is 4.90 Å². The van der Waals surface area contributed by atoms with Gasteiger partial charge in [-0.25, -0.2) is 9.97 Å². The molecule has 1 saturated heterocycles. The van der Waals surface area contributed by atoms with E-state index in [0.29, 0.717) is 0 Å². The van der Waals surface area contributed by atoms with E-state index in [1.165, 1.54) is 28.5 Å². The summed E-state index contributed by atoms with van der Waals surface area (Å²) in [7, 11) is 0. The molecule has 3 nitrogen and oxygen atoms in total. The molecule has 0 amide bonds. The lowest BCUT2D eigenvalue weighted by molar-refractivity contribution is 0.886. The highest BCUT2D eigenvalue weighted by Gasteiger charge is 2.18. The van der Waals surface area contributed by atoms with Crippen LogP contribution < -0.4 is 4.90 Å². The SMILES string of the molecule is c1ccc2c(Sc3nccnc3N3CCCC3)cccc2c1. The van der Waals surface area contributed by atoms with Crippen molar-refractivity contribution in [3.63, 3.8) is 0 Å². The Labute approximate surface area is 134 Å². The molecule has 0 aliphatic carbocycles. The van der Waals surface area contributed by atoms with Crippen LogP contribution in [0.2, 0.25) is 0 Å². The smallest absolute Gasteiger partial charge is 0.161 e. The van der Waals surface area contributed by atoms with Gasteiger partial charge in [0.05, 0.1) is 0 Å². The molecule has 2 heterocycles. The van der Waals surface area contributed by atoms with Crippen LogP contribution in [0.3, 0.4) is 0 Å². The van der Waals surface area contributed by atoms with Gasteiger partial charge in [0.15, 0.2) is 5.82 Å². The molecule has 4 heteroatoms. The molecule has 110 valence electrons. The summed E-state index contributed by atoms with van der Waals surface area (Å²) in [5.74, 6) is 1.03. The third-order valence-corrected chi connectivity index (χ3v) is 5.07. The molecule has 0 unspecified atom stereocenters. The van der Waals surface area contributed by atoms with Crippen molar-refractivity contribution in [3.05, 3.63) is 54.9 Å². The zero-order valence-electron chi connectivity index (χ0n) is 12.3. The Morgan fingerprint density at radius 3 is 2.55 bits per heavy atom. The van der Waals surface area contributed by atoms with E-state index in [4.69, 9.17) is 0 Å². The number of benzene rings is 2. The fourth-order valence-corrected chi connectivity index (χ4v) is 3.96. The van der Waals surface area contributed by atoms with Gasteiger partial charge in [-0.15, -0.1) is 0 Å². The maximum Gasteiger partial charge on any atom is 0.161 e. The lowest BCUT2D eigenvalue weighted by Crippen LogP contribution is -2.20. The van der Waals surface area contributed by atoms with Crippen molar-refractivity contribution in [2.24, 2.45) is 0 Å². The van der Waals surface area contributed by atoms with E-state index in [9.17, 15) is 0 Å². The average Bonchev–Trinajstić information content (AvgIpc) is 3.10. The first kappa shape index (κ1) is 13.6. The normalized spacial score (nSPS) is 14.6. The number of hydrogen-bond acceptors (Lipinski definition) is 4. The number of aromatic nitrogens is 2. The van der Waals surface area contributed by atoms with Gasteiger partial charge in [0, 0.05) is 30.4 Å². The van der Waals surface area contributed by atoms with Crippen molar-refractivity contribution in [2.75, 3.05) is 18.0 Å². The second-order valence-corrected chi connectivity index (χ2v) is 6.49. The number of fused-ring (bicyclic) bond motifs is 1. The van der Waals surface area contributed by atoms with Gasteiger partial charge in [-0.05, 0) is 29.7 Å². The van der Waals surface area contributed by atoms with E-state index in [1.807, 2.05) is 0 Å². The fourth-order valence-electron chi connectivity index (χ4n) is 2.92. The van der Waals surface area contributed by atoms with E-state index in [1.54, 1.807) is 24.2 Å². The van der Waals surface area contributed by atoms with Crippen LogP contribution in [0.1, 0.15) is 12.8 Å². The van der Waals surface area contributed by atoms with E-state index in [2.05, 4.69) is 57.3 Å². The van der Waals surface area contributed by atoms with Gasteiger partial charge in [0.2, 0.25) is 0 Å². The summed E-state index contributed by atoms with van der Waals surface area (Å²) in [5, 5.41) is 3.54. The number of hydrogen-bond donors (Lipinski definition) is 0. The molecule has 4 rings (SSSR count). The third-order valence-electron chi connectivity index (χ3n) is 4.01. The van der Waals surface area contributed by atoms with Crippen molar-refractivity contribution < 1.29 is 0 Å². The molecule has 3 aromatic rings. The predicted molar refractivity (Wildman–Crippen MR) is 91.6 cm³/mol. The molecule has 2 aromatic carbocycles. The highest BCUT2D eigenvalue weighted by atomic mass is 32.2. The van der Waals surface area contributed by atoms with Crippen LogP contribution >= 0.6 is 11.8 Å². The minimum atomic E-state index is 1.00. The zero-order chi connectivity index (χ0) is 14.8. The highest BCUT2D eigenvalue weighted by Crippen LogP contribution is 2.36. The second-order valence-electron chi connectivity index (χ2n) is 5.46. The molecule has 0 bridgehead atoms. The molecule has 0 N–H and O–H groups in total. The largest absolute Gasteiger partial charge is 0.354 e. The summed E-state index contributed by atoms with van der Waals surface area (Å²) in [6.07, 6.45) is 6.07. The Morgan fingerprint density at radius 2 is 1.64 bits per heavy atom. The lowest BCUT2D eigenvalue weighted by atomic mass is 10.1. The van der Waals surface area contributed by atoms with Crippen LogP contribution in [-0.2, 0) is 0 Å². The summed E-state index contributed by atoms with van der Waals surface area (Å²) in [5.41, 5.74) is 0. The van der Waals surface area contributed by atoms with Crippen molar-refractivity contribution in [2.45, 2.75) is 22.8 Å². The van der Waals surface area contributed by atoms with Crippen molar-refractivity contribution in [1.82, 2.24) is 9.97 Å². The van der Waals surface area contributed by atoms with E-state index in [0.717, 1.165) is 23.9 Å². The Balaban J connectivity index is 1.74. The highest BCUT2D eigenvalue weighted by molar-refractivity contribution is 7.99. The van der Waals surface area contributed by atoms with Crippen LogP contribution in [-0.4, -0.2) is 23.1 Å². The summed E-state index contributed by atoms with van der Waals surface area (Å²) in [6.45, 7) is 2.17. The lowest BCUT2D eigenvalue weighted by Gasteiger charge is -2.18. The number of nitrogens with zero attached hydrogens (tertiary/aromatic N) is 3. The maximum atomic E-state index is 4.58. The van der Waals surface area contributed by atoms with Crippen LogP contribution in [0.15, 0.2) is 64.8 Å². The van der Waals surface area contributed by atoms with E-state index >= 15 is 0 Å². The van der Waals surface area contributed by atoms with Gasteiger partial charge in [-0.2, -0.15) is 0 Å². The van der Waals surface area contributed by atoms with Gasteiger partial charge in [0.25, 0.3) is 0 Å². The van der Waals surface area contributed by atoms with Gasteiger partial charge in [-0.3, -0.25) is 0 Å². The summed E-state index contributed by atoms with van der Waals surface area (Å²) >= 11 is 1.72. The van der Waals surface area contributed by atoms with Gasteiger partial charge in [0.1, 0.15) is 5.03 Å². The van der Waals surface area contributed by atoms with Crippen molar-refractivity contribution in [3.8, 4) is 0 Å². The van der Waals surface area contributed by atoms with Crippen LogP contribution in [0.5, 0.6) is 0 Å². The second kappa shape index (κ2) is 5.97. The van der Waals surface area contributed by atoms with E-state index < -0.39 is 0 Å². The number of anilines is 1. The molecular formula is C18H17N3S. The number of rotatable bonds is 3. The molecule has 0 spiro atoms. The summed E-state index contributed by atoms with van der Waals surface area (Å²) in [6, 6.07) is 14.9. The predicted octanol–water partition coefficient (Wildman–Crippen LogP) is 4.38. The Morgan fingerprint density at radius 1 is 0.864 bits per heavy atom. The molecule has 1 aliphatic rings. The van der Waals surface area contributed by atoms with Crippen LogP contribution in [0.25, 0.3) is 10.8 Å². The minimum absolute atomic E-state index is 1.00. The van der Waals surface area contributed by atoms with Crippen molar-refractivity contribution in [1.29, 1.82) is 0 Å². The molecule has 1 aliphatic heterocycles. The molecule has 0 saturated carbocycles. The summed E-state index contributed by atoms with van der Waals surface area (Å²) in [4.78, 5) is 12.7. The van der Waals surface area contributed by atoms with Gasteiger partial charge in [-0.1, -0.05) is 48.2 Å². The van der Waals surface area contributed by atoms with E-state index in [-0.39, 0.29) is 0 Å². The van der Waals surface area contributed by atoms with Crippen molar-refractivity contribution >= 4 is 28.4 Å². The standard InChI is InChI=1S/C18H17N3S/c1-2-8-15-14(6-1)7-5-9-16(15)22-18-17(19-10-11-20-18)21-12-3-4-13-21/h1-2,5-11H,3-4,12-13H2. The Hall–Kier alpha value is -2.07. The summed E-state index contributed by atoms with van der Waals surface area (Å²) < 4.78 is 0.